The smallest absolute Gasteiger partial charge is 0.302 e. The Bertz CT molecular complexity index is 365. The Balaban J connectivity index is 2.38. The van der Waals surface area contributed by atoms with E-state index in [0.29, 0.717) is 6.61 Å². The van der Waals surface area contributed by atoms with Crippen LogP contribution >= 0.6 is 11.8 Å². The van der Waals surface area contributed by atoms with Crippen molar-refractivity contribution in [2.75, 3.05) is 12.9 Å². The van der Waals surface area contributed by atoms with Gasteiger partial charge in [-0.25, -0.2) is 0 Å². The monoisotopic (exact) mass is 267 g/mol. The van der Waals surface area contributed by atoms with E-state index in [-0.39, 0.29) is 12.0 Å². The zero-order valence-corrected chi connectivity index (χ0v) is 12.0. The highest BCUT2D eigenvalue weighted by molar-refractivity contribution is 7.98. The molecule has 0 saturated heterocycles. The second kappa shape index (κ2) is 8.16. The Morgan fingerprint density at radius 3 is 2.56 bits per heavy atom. The van der Waals surface area contributed by atoms with Crippen molar-refractivity contribution in [1.29, 1.82) is 0 Å². The van der Waals surface area contributed by atoms with Gasteiger partial charge in [0.05, 0.1) is 0 Å². The van der Waals surface area contributed by atoms with Crippen LogP contribution < -0.4 is 5.32 Å². The number of thioether (sulfide) groups is 1. The highest BCUT2D eigenvalue weighted by atomic mass is 32.2. The number of hydrogen-bond donors (Lipinski definition) is 1. The first-order valence-corrected chi connectivity index (χ1v) is 7.37. The Labute approximate surface area is 113 Å². The van der Waals surface area contributed by atoms with Crippen LogP contribution in [0.3, 0.4) is 0 Å². The molecule has 0 bridgehead atoms. The molecule has 0 aliphatic heterocycles. The van der Waals surface area contributed by atoms with Gasteiger partial charge in [-0.15, -0.1) is 11.8 Å². The maximum atomic E-state index is 10.8. The standard InChI is InChI=1S/C14H21NO2S/c1-4-13(10-17-11(2)16)15-9-12-5-7-14(18-3)8-6-12/h5-8,13,15H,4,9-10H2,1-3H3. The third-order valence-corrected chi connectivity index (χ3v) is 3.48. The van der Waals surface area contributed by atoms with Gasteiger partial charge in [-0.05, 0) is 30.4 Å². The molecule has 0 aliphatic carbocycles. The van der Waals surface area contributed by atoms with Crippen molar-refractivity contribution < 1.29 is 9.53 Å². The maximum Gasteiger partial charge on any atom is 0.302 e. The zero-order valence-electron chi connectivity index (χ0n) is 11.2. The van der Waals surface area contributed by atoms with E-state index in [0.717, 1.165) is 13.0 Å². The van der Waals surface area contributed by atoms with E-state index in [1.54, 1.807) is 11.8 Å². The molecule has 1 atom stereocenters. The van der Waals surface area contributed by atoms with Crippen LogP contribution in [0.1, 0.15) is 25.8 Å². The molecule has 1 rings (SSSR count). The first kappa shape index (κ1) is 15.1. The van der Waals surface area contributed by atoms with Crippen LogP contribution in [0.5, 0.6) is 0 Å². The molecular weight excluding hydrogens is 246 g/mol. The number of rotatable bonds is 7. The molecule has 100 valence electrons. The molecule has 1 aromatic carbocycles. The van der Waals surface area contributed by atoms with E-state index in [2.05, 4.69) is 42.8 Å². The first-order chi connectivity index (χ1) is 8.65. The van der Waals surface area contributed by atoms with Gasteiger partial charge in [0.15, 0.2) is 0 Å². The average molecular weight is 267 g/mol. The lowest BCUT2D eigenvalue weighted by molar-refractivity contribution is -0.141. The molecule has 4 heteroatoms. The van der Waals surface area contributed by atoms with Crippen LogP contribution in [0.25, 0.3) is 0 Å². The first-order valence-electron chi connectivity index (χ1n) is 6.15. The molecular formula is C14H21NO2S. The van der Waals surface area contributed by atoms with Crippen molar-refractivity contribution in [3.8, 4) is 0 Å². The predicted octanol–water partition coefficient (Wildman–Crippen LogP) is 2.84. The average Bonchev–Trinajstić information content (AvgIpc) is 2.39. The molecule has 0 fully saturated rings. The minimum Gasteiger partial charge on any atom is -0.464 e. The van der Waals surface area contributed by atoms with Gasteiger partial charge in [0.2, 0.25) is 0 Å². The molecule has 0 aromatic heterocycles. The summed E-state index contributed by atoms with van der Waals surface area (Å²) in [4.78, 5) is 12.0. The summed E-state index contributed by atoms with van der Waals surface area (Å²) in [6.07, 6.45) is 3.01. The summed E-state index contributed by atoms with van der Waals surface area (Å²) >= 11 is 1.74. The number of ether oxygens (including phenoxy) is 1. The molecule has 0 radical (unpaired) electrons. The lowest BCUT2D eigenvalue weighted by atomic mass is 10.2. The zero-order chi connectivity index (χ0) is 13.4. The van der Waals surface area contributed by atoms with Crippen molar-refractivity contribution in [1.82, 2.24) is 5.32 Å². The van der Waals surface area contributed by atoms with Gasteiger partial charge >= 0.3 is 5.97 Å². The number of carbonyl (C=O) groups excluding carboxylic acids is 1. The quantitative estimate of drug-likeness (QED) is 0.609. The highest BCUT2D eigenvalue weighted by Gasteiger charge is 2.07. The Kier molecular flexibility index (Phi) is 6.83. The van der Waals surface area contributed by atoms with Crippen LogP contribution in [0.4, 0.5) is 0 Å². The van der Waals surface area contributed by atoms with Crippen LogP contribution in [-0.2, 0) is 16.1 Å². The number of esters is 1. The molecule has 0 heterocycles. The van der Waals surface area contributed by atoms with E-state index in [9.17, 15) is 4.79 Å². The summed E-state index contributed by atoms with van der Waals surface area (Å²) in [5.74, 6) is -0.223. The fourth-order valence-electron chi connectivity index (χ4n) is 1.54. The number of benzene rings is 1. The molecule has 1 aromatic rings. The summed E-state index contributed by atoms with van der Waals surface area (Å²) in [5, 5.41) is 3.39. The molecule has 18 heavy (non-hydrogen) atoms. The topological polar surface area (TPSA) is 38.3 Å². The molecule has 0 aliphatic rings. The summed E-state index contributed by atoms with van der Waals surface area (Å²) in [6, 6.07) is 8.70. The molecule has 3 nitrogen and oxygen atoms in total. The fourth-order valence-corrected chi connectivity index (χ4v) is 1.95. The van der Waals surface area contributed by atoms with E-state index in [1.165, 1.54) is 17.4 Å². The van der Waals surface area contributed by atoms with Crippen molar-refractivity contribution in [2.45, 2.75) is 37.8 Å². The van der Waals surface area contributed by atoms with Gasteiger partial charge in [-0.3, -0.25) is 4.79 Å². The minimum atomic E-state index is -0.223. The third kappa shape index (κ3) is 5.56. The van der Waals surface area contributed by atoms with Crippen molar-refractivity contribution >= 4 is 17.7 Å². The van der Waals surface area contributed by atoms with Gasteiger partial charge in [0, 0.05) is 24.4 Å². The largest absolute Gasteiger partial charge is 0.464 e. The second-order valence-corrected chi connectivity index (χ2v) is 5.02. The van der Waals surface area contributed by atoms with Gasteiger partial charge < -0.3 is 10.1 Å². The van der Waals surface area contributed by atoms with Crippen LogP contribution in [-0.4, -0.2) is 24.9 Å². The second-order valence-electron chi connectivity index (χ2n) is 4.14. The van der Waals surface area contributed by atoms with E-state index in [1.807, 2.05) is 0 Å². The summed E-state index contributed by atoms with van der Waals surface area (Å²) in [5.41, 5.74) is 1.24. The normalized spacial score (nSPS) is 12.2. The van der Waals surface area contributed by atoms with Crippen LogP contribution in [0, 0.1) is 0 Å². The summed E-state index contributed by atoms with van der Waals surface area (Å²) in [6.45, 7) is 4.76. The molecule has 0 amide bonds. The summed E-state index contributed by atoms with van der Waals surface area (Å²) in [7, 11) is 0. The number of nitrogens with one attached hydrogen (secondary N) is 1. The van der Waals surface area contributed by atoms with Gasteiger partial charge in [0.25, 0.3) is 0 Å². The Hall–Kier alpha value is -1.00. The number of hydrogen-bond acceptors (Lipinski definition) is 4. The minimum absolute atomic E-state index is 0.217. The number of carbonyl (C=O) groups is 1. The van der Waals surface area contributed by atoms with Gasteiger partial charge in [-0.2, -0.15) is 0 Å². The lowest BCUT2D eigenvalue weighted by Gasteiger charge is -2.16. The Morgan fingerprint density at radius 1 is 1.39 bits per heavy atom. The SMILES string of the molecule is CCC(COC(C)=O)NCc1ccc(SC)cc1. The predicted molar refractivity (Wildman–Crippen MR) is 75.8 cm³/mol. The van der Waals surface area contributed by atoms with E-state index >= 15 is 0 Å². The summed E-state index contributed by atoms with van der Waals surface area (Å²) < 4.78 is 5.02. The molecule has 0 saturated carbocycles. The van der Waals surface area contributed by atoms with Gasteiger partial charge in [0.1, 0.15) is 6.61 Å². The maximum absolute atomic E-state index is 10.8. The Morgan fingerprint density at radius 2 is 2.06 bits per heavy atom. The van der Waals surface area contributed by atoms with E-state index in [4.69, 9.17) is 4.74 Å². The molecule has 1 N–H and O–H groups in total. The van der Waals surface area contributed by atoms with Crippen molar-refractivity contribution in [3.05, 3.63) is 29.8 Å². The molecule has 1 unspecified atom stereocenters. The van der Waals surface area contributed by atoms with E-state index < -0.39 is 0 Å². The van der Waals surface area contributed by atoms with Crippen LogP contribution in [0.15, 0.2) is 29.2 Å². The van der Waals surface area contributed by atoms with Gasteiger partial charge in [-0.1, -0.05) is 19.1 Å². The highest BCUT2D eigenvalue weighted by Crippen LogP contribution is 2.14. The van der Waals surface area contributed by atoms with Crippen molar-refractivity contribution in [2.24, 2.45) is 0 Å². The van der Waals surface area contributed by atoms with Crippen molar-refractivity contribution in [3.63, 3.8) is 0 Å². The lowest BCUT2D eigenvalue weighted by Crippen LogP contribution is -2.33. The third-order valence-electron chi connectivity index (χ3n) is 2.73. The fraction of sp³-hybridized carbons (Fsp3) is 0.500. The van der Waals surface area contributed by atoms with Crippen LogP contribution in [0.2, 0.25) is 0 Å². The molecule has 0 spiro atoms.